The first kappa shape index (κ1) is 20.5. The summed E-state index contributed by atoms with van der Waals surface area (Å²) < 4.78 is 21.5. The van der Waals surface area contributed by atoms with E-state index in [2.05, 4.69) is 10.3 Å². The molecule has 0 bridgehead atoms. The number of para-hydroxylation sites is 1. The van der Waals surface area contributed by atoms with Gasteiger partial charge >= 0.3 is 0 Å². The normalized spacial score (nSPS) is 19.5. The van der Waals surface area contributed by atoms with E-state index >= 15 is 0 Å². The summed E-state index contributed by atoms with van der Waals surface area (Å²) in [5.41, 5.74) is 2.21. The fraction of sp³-hybridized carbons (Fsp3) is 0.304. The lowest BCUT2D eigenvalue weighted by atomic mass is 10.1. The molecule has 30 heavy (non-hydrogen) atoms. The molecule has 1 N–H and O–H groups in total. The summed E-state index contributed by atoms with van der Waals surface area (Å²) >= 11 is 1.53. The van der Waals surface area contributed by atoms with Crippen molar-refractivity contribution in [2.45, 2.75) is 32.6 Å². The molecular weight excluding hydrogens is 401 g/mol. The minimum Gasteiger partial charge on any atom is -0.372 e. The minimum atomic E-state index is -0.284. The number of aromatic nitrogens is 1. The Kier molecular flexibility index (Phi) is 6.11. The molecule has 2 aromatic carbocycles. The molecule has 0 spiro atoms. The van der Waals surface area contributed by atoms with Crippen molar-refractivity contribution in [2.24, 2.45) is 0 Å². The first-order valence-corrected chi connectivity index (χ1v) is 10.8. The van der Waals surface area contributed by atoms with E-state index in [1.54, 1.807) is 12.1 Å². The highest BCUT2D eigenvalue weighted by atomic mass is 32.1. The third-order valence-electron chi connectivity index (χ3n) is 4.93. The second-order valence-corrected chi connectivity index (χ2v) is 8.58. The molecule has 1 fully saturated rings. The number of hydrogen-bond acceptors (Lipinski definition) is 5. The number of fused-ring (bicyclic) bond motifs is 1. The molecule has 2 atom stereocenters. The van der Waals surface area contributed by atoms with Gasteiger partial charge in [-0.15, -0.1) is 11.3 Å². The molecule has 1 saturated heterocycles. The Labute approximate surface area is 179 Å². The molecule has 7 heteroatoms. The van der Waals surface area contributed by atoms with Crippen LogP contribution >= 0.6 is 11.3 Å². The summed E-state index contributed by atoms with van der Waals surface area (Å²) in [5.74, 6) is -0.525. The topological polar surface area (TPSA) is 54.5 Å². The monoisotopic (exact) mass is 425 g/mol. The van der Waals surface area contributed by atoms with Gasteiger partial charge in [0, 0.05) is 25.7 Å². The molecular formula is C23H24FN3O2S. The standard InChI is InChI=1S/C23H24FN3O2S/c1-15-13-27(14-16(2)29-15)20-8-7-17(11-18(20)24)12-25-22(28)9-10-23-26-19-5-3-4-6-21(19)30-23/h3-11,15-16H,12-14H2,1-2H3,(H,25,28)/b10-9+. The molecule has 1 aliphatic heterocycles. The number of morpholine rings is 1. The fourth-order valence-corrected chi connectivity index (χ4v) is 4.52. The summed E-state index contributed by atoms with van der Waals surface area (Å²) in [5, 5.41) is 3.57. The quantitative estimate of drug-likeness (QED) is 0.617. The Balaban J connectivity index is 1.35. The van der Waals surface area contributed by atoms with Crippen LogP contribution in [0.3, 0.4) is 0 Å². The molecule has 0 aliphatic carbocycles. The molecule has 1 amide bonds. The van der Waals surface area contributed by atoms with Crippen LogP contribution < -0.4 is 10.2 Å². The van der Waals surface area contributed by atoms with Gasteiger partial charge in [0.15, 0.2) is 0 Å². The number of amides is 1. The van der Waals surface area contributed by atoms with Crippen molar-refractivity contribution >= 4 is 39.2 Å². The molecule has 0 saturated carbocycles. The summed E-state index contributed by atoms with van der Waals surface area (Å²) in [7, 11) is 0. The second kappa shape index (κ2) is 8.93. The Hall–Kier alpha value is -2.77. The molecule has 2 heterocycles. The van der Waals surface area contributed by atoms with Gasteiger partial charge in [0.05, 0.1) is 28.1 Å². The number of rotatable bonds is 5. The van der Waals surface area contributed by atoms with Crippen molar-refractivity contribution in [3.8, 4) is 0 Å². The Morgan fingerprint density at radius 2 is 2.03 bits per heavy atom. The van der Waals surface area contributed by atoms with Crippen LogP contribution in [0.25, 0.3) is 16.3 Å². The summed E-state index contributed by atoms with van der Waals surface area (Å²) in [6.45, 7) is 5.57. The third kappa shape index (κ3) is 4.86. The number of benzene rings is 2. The van der Waals surface area contributed by atoms with Gasteiger partial charge in [-0.3, -0.25) is 4.79 Å². The third-order valence-corrected chi connectivity index (χ3v) is 5.93. The van der Waals surface area contributed by atoms with E-state index in [1.165, 1.54) is 23.5 Å². The van der Waals surface area contributed by atoms with Crippen LogP contribution in [0.4, 0.5) is 10.1 Å². The van der Waals surface area contributed by atoms with Gasteiger partial charge in [-0.2, -0.15) is 0 Å². The van der Waals surface area contributed by atoms with E-state index in [0.29, 0.717) is 24.3 Å². The number of carbonyl (C=O) groups excluding carboxylic acids is 1. The van der Waals surface area contributed by atoms with E-state index < -0.39 is 0 Å². The van der Waals surface area contributed by atoms with Crippen molar-refractivity contribution in [2.75, 3.05) is 18.0 Å². The van der Waals surface area contributed by atoms with Crippen LogP contribution in [-0.4, -0.2) is 36.2 Å². The number of thiazole rings is 1. The van der Waals surface area contributed by atoms with Crippen LogP contribution in [0.2, 0.25) is 0 Å². The summed E-state index contributed by atoms with van der Waals surface area (Å²) in [4.78, 5) is 18.6. The Bertz CT molecular complexity index is 1040. The minimum absolute atomic E-state index is 0.0642. The zero-order chi connectivity index (χ0) is 21.1. The SMILES string of the molecule is CC1CN(c2ccc(CNC(=O)/C=C/c3nc4ccccc4s3)cc2F)CC(C)O1. The van der Waals surface area contributed by atoms with Crippen molar-refractivity contribution in [3.63, 3.8) is 0 Å². The van der Waals surface area contributed by atoms with Crippen molar-refractivity contribution in [1.29, 1.82) is 0 Å². The predicted molar refractivity (Wildman–Crippen MR) is 119 cm³/mol. The van der Waals surface area contributed by atoms with Crippen LogP contribution in [0, 0.1) is 5.82 Å². The van der Waals surface area contributed by atoms with Gasteiger partial charge in [-0.05, 0) is 49.8 Å². The number of nitrogens with one attached hydrogen (secondary N) is 1. The molecule has 1 aliphatic rings. The maximum atomic E-state index is 14.7. The highest BCUT2D eigenvalue weighted by Gasteiger charge is 2.24. The van der Waals surface area contributed by atoms with E-state index in [0.717, 1.165) is 15.2 Å². The van der Waals surface area contributed by atoms with Crippen molar-refractivity contribution in [3.05, 3.63) is 64.9 Å². The van der Waals surface area contributed by atoms with Gasteiger partial charge in [0.25, 0.3) is 0 Å². The average Bonchev–Trinajstić information content (AvgIpc) is 3.13. The van der Waals surface area contributed by atoms with Gasteiger partial charge in [-0.1, -0.05) is 18.2 Å². The Morgan fingerprint density at radius 3 is 2.77 bits per heavy atom. The van der Waals surface area contributed by atoms with E-state index in [4.69, 9.17) is 4.74 Å². The van der Waals surface area contributed by atoms with E-state index in [1.807, 2.05) is 49.1 Å². The highest BCUT2D eigenvalue weighted by Crippen LogP contribution is 2.25. The molecule has 156 valence electrons. The number of anilines is 1. The first-order chi connectivity index (χ1) is 14.5. The van der Waals surface area contributed by atoms with E-state index in [9.17, 15) is 9.18 Å². The molecule has 1 aromatic heterocycles. The first-order valence-electron chi connectivity index (χ1n) is 9.98. The molecule has 0 radical (unpaired) electrons. The van der Waals surface area contributed by atoms with Gasteiger partial charge in [-0.25, -0.2) is 9.37 Å². The summed E-state index contributed by atoms with van der Waals surface area (Å²) in [6, 6.07) is 13.0. The molecule has 5 nitrogen and oxygen atoms in total. The molecule has 2 unspecified atom stereocenters. The molecule has 4 rings (SSSR count). The van der Waals surface area contributed by atoms with Crippen LogP contribution in [0.15, 0.2) is 48.5 Å². The van der Waals surface area contributed by atoms with Crippen molar-refractivity contribution in [1.82, 2.24) is 10.3 Å². The predicted octanol–water partition coefficient (Wildman–Crippen LogP) is 4.38. The Morgan fingerprint density at radius 1 is 1.27 bits per heavy atom. The number of hydrogen-bond donors (Lipinski definition) is 1. The van der Waals surface area contributed by atoms with Crippen LogP contribution in [0.5, 0.6) is 0 Å². The fourth-order valence-electron chi connectivity index (χ4n) is 3.65. The largest absolute Gasteiger partial charge is 0.372 e. The lowest BCUT2D eigenvalue weighted by Crippen LogP contribution is -2.45. The van der Waals surface area contributed by atoms with Crippen LogP contribution in [-0.2, 0) is 16.1 Å². The maximum Gasteiger partial charge on any atom is 0.244 e. The number of carbonyl (C=O) groups is 1. The zero-order valence-corrected chi connectivity index (χ0v) is 17.8. The number of halogens is 1. The summed E-state index contributed by atoms with van der Waals surface area (Å²) in [6.07, 6.45) is 3.28. The zero-order valence-electron chi connectivity index (χ0n) is 17.0. The smallest absolute Gasteiger partial charge is 0.244 e. The van der Waals surface area contributed by atoms with Crippen molar-refractivity contribution < 1.29 is 13.9 Å². The number of ether oxygens (including phenoxy) is 1. The average molecular weight is 426 g/mol. The van der Waals surface area contributed by atoms with Gasteiger partial charge in [0.1, 0.15) is 10.8 Å². The lowest BCUT2D eigenvalue weighted by Gasteiger charge is -2.37. The van der Waals surface area contributed by atoms with Gasteiger partial charge in [0.2, 0.25) is 5.91 Å². The van der Waals surface area contributed by atoms with Gasteiger partial charge < -0.3 is 15.0 Å². The van der Waals surface area contributed by atoms with E-state index in [-0.39, 0.29) is 30.5 Å². The second-order valence-electron chi connectivity index (χ2n) is 7.52. The molecule has 3 aromatic rings. The number of nitrogens with zero attached hydrogens (tertiary/aromatic N) is 2. The lowest BCUT2D eigenvalue weighted by molar-refractivity contribution is -0.116. The van der Waals surface area contributed by atoms with Crippen LogP contribution in [0.1, 0.15) is 24.4 Å². The maximum absolute atomic E-state index is 14.7. The highest BCUT2D eigenvalue weighted by molar-refractivity contribution is 7.19.